The maximum Gasteiger partial charge on any atom is 0.250 e. The fraction of sp³-hybridized carbons (Fsp3) is 0.263. The SMILES string of the molecule is CO[C@@H](CNC(=O)C(NC(=O)C[O])c1ccccc1)c1ccc(O)c(O)c1. The van der Waals surface area contributed by atoms with Crippen molar-refractivity contribution >= 4 is 11.8 Å². The fourth-order valence-electron chi connectivity index (χ4n) is 2.52. The number of benzene rings is 2. The van der Waals surface area contributed by atoms with Crippen molar-refractivity contribution in [2.75, 3.05) is 20.3 Å². The van der Waals surface area contributed by atoms with E-state index in [0.717, 1.165) is 0 Å². The van der Waals surface area contributed by atoms with Gasteiger partial charge in [-0.3, -0.25) is 9.59 Å². The van der Waals surface area contributed by atoms with E-state index in [-0.39, 0.29) is 18.0 Å². The molecule has 0 aliphatic heterocycles. The Kier molecular flexibility index (Phi) is 7.16. The Morgan fingerprint density at radius 1 is 1.04 bits per heavy atom. The van der Waals surface area contributed by atoms with Crippen LogP contribution in [0.25, 0.3) is 0 Å². The van der Waals surface area contributed by atoms with Crippen LogP contribution in [0.4, 0.5) is 0 Å². The number of hydrogen-bond donors (Lipinski definition) is 4. The highest BCUT2D eigenvalue weighted by molar-refractivity contribution is 5.89. The number of carbonyl (C=O) groups is 2. The minimum Gasteiger partial charge on any atom is -0.504 e. The second-order valence-corrected chi connectivity index (χ2v) is 5.77. The summed E-state index contributed by atoms with van der Waals surface area (Å²) in [4.78, 5) is 24.1. The number of phenols is 2. The Balaban J connectivity index is 2.11. The van der Waals surface area contributed by atoms with Crippen molar-refractivity contribution in [1.29, 1.82) is 0 Å². The van der Waals surface area contributed by atoms with E-state index in [4.69, 9.17) is 4.74 Å². The smallest absolute Gasteiger partial charge is 0.250 e. The van der Waals surface area contributed by atoms with Gasteiger partial charge in [0.15, 0.2) is 18.1 Å². The highest BCUT2D eigenvalue weighted by atomic mass is 16.5. The lowest BCUT2D eigenvalue weighted by Crippen LogP contribution is -2.42. The van der Waals surface area contributed by atoms with Gasteiger partial charge in [-0.25, -0.2) is 5.11 Å². The summed E-state index contributed by atoms with van der Waals surface area (Å²) in [6, 6.07) is 11.7. The maximum atomic E-state index is 12.6. The molecule has 0 saturated heterocycles. The number of methoxy groups -OCH3 is 1. The number of carbonyl (C=O) groups excluding carboxylic acids is 2. The summed E-state index contributed by atoms with van der Waals surface area (Å²) in [6.45, 7) is -0.930. The standard InChI is InChI=1S/C19H21N2O6/c1-27-16(13-7-8-14(23)15(24)9-13)10-20-19(26)18(21-17(25)11-22)12-5-3-2-4-6-12/h2-9,16,18,23-24H,10-11H2,1H3,(H,20,26)(H,21,25)/t16-,18?/m0/s1. The van der Waals surface area contributed by atoms with Gasteiger partial charge in [-0.2, -0.15) is 0 Å². The lowest BCUT2D eigenvalue weighted by atomic mass is 10.1. The van der Waals surface area contributed by atoms with Crippen LogP contribution in [-0.2, 0) is 19.4 Å². The predicted molar refractivity (Wildman–Crippen MR) is 95.4 cm³/mol. The molecule has 0 aliphatic rings. The minimum atomic E-state index is -1.02. The zero-order valence-corrected chi connectivity index (χ0v) is 14.7. The van der Waals surface area contributed by atoms with E-state index >= 15 is 0 Å². The van der Waals surface area contributed by atoms with Gasteiger partial charge in [0, 0.05) is 13.7 Å². The van der Waals surface area contributed by atoms with Gasteiger partial charge in [0.1, 0.15) is 6.04 Å². The fourth-order valence-corrected chi connectivity index (χ4v) is 2.52. The number of aromatic hydroxyl groups is 2. The molecule has 2 rings (SSSR count). The summed E-state index contributed by atoms with van der Waals surface area (Å²) in [5.74, 6) is -1.85. The van der Waals surface area contributed by atoms with Crippen LogP contribution in [0.15, 0.2) is 48.5 Å². The Morgan fingerprint density at radius 3 is 2.33 bits per heavy atom. The molecule has 2 atom stereocenters. The Bertz CT molecular complexity index is 781. The molecule has 0 heterocycles. The molecule has 143 valence electrons. The van der Waals surface area contributed by atoms with Gasteiger partial charge < -0.3 is 25.6 Å². The Labute approximate surface area is 156 Å². The van der Waals surface area contributed by atoms with E-state index in [1.807, 2.05) is 0 Å². The second-order valence-electron chi connectivity index (χ2n) is 5.77. The third kappa shape index (κ3) is 5.44. The Morgan fingerprint density at radius 2 is 1.74 bits per heavy atom. The molecule has 4 N–H and O–H groups in total. The Hall–Kier alpha value is -3.10. The van der Waals surface area contributed by atoms with Crippen LogP contribution < -0.4 is 10.6 Å². The van der Waals surface area contributed by atoms with Crippen molar-refractivity contribution < 1.29 is 29.6 Å². The summed E-state index contributed by atoms with van der Waals surface area (Å²) >= 11 is 0. The topological polar surface area (TPSA) is 128 Å². The number of nitrogens with one attached hydrogen (secondary N) is 2. The van der Waals surface area contributed by atoms with Crippen molar-refractivity contribution in [1.82, 2.24) is 10.6 Å². The van der Waals surface area contributed by atoms with E-state index in [1.54, 1.807) is 36.4 Å². The first-order valence-corrected chi connectivity index (χ1v) is 8.21. The van der Waals surface area contributed by atoms with Gasteiger partial charge in [-0.05, 0) is 23.3 Å². The van der Waals surface area contributed by atoms with Gasteiger partial charge in [0.05, 0.1) is 6.10 Å². The zero-order valence-electron chi connectivity index (χ0n) is 14.7. The van der Waals surface area contributed by atoms with Crippen LogP contribution >= 0.6 is 0 Å². The monoisotopic (exact) mass is 373 g/mol. The lowest BCUT2D eigenvalue weighted by molar-refractivity contribution is -0.131. The molecular weight excluding hydrogens is 352 g/mol. The molecule has 1 radical (unpaired) electrons. The molecule has 8 heteroatoms. The third-order valence-corrected chi connectivity index (χ3v) is 3.95. The van der Waals surface area contributed by atoms with Crippen LogP contribution in [0.5, 0.6) is 11.5 Å². The number of phenolic OH excluding ortho intramolecular Hbond substituents is 2. The molecule has 0 aromatic heterocycles. The largest absolute Gasteiger partial charge is 0.504 e. The van der Waals surface area contributed by atoms with E-state index in [1.165, 1.54) is 19.2 Å². The summed E-state index contributed by atoms with van der Waals surface area (Å²) in [5.41, 5.74) is 1.08. The number of amides is 2. The van der Waals surface area contributed by atoms with Gasteiger partial charge in [-0.15, -0.1) is 0 Å². The van der Waals surface area contributed by atoms with Crippen molar-refractivity contribution in [2.24, 2.45) is 0 Å². The predicted octanol–water partition coefficient (Wildman–Crippen LogP) is 1.19. The first kappa shape index (κ1) is 20.2. The summed E-state index contributed by atoms with van der Waals surface area (Å²) in [6.07, 6.45) is -0.591. The van der Waals surface area contributed by atoms with Crippen LogP contribution in [0.3, 0.4) is 0 Å². The van der Waals surface area contributed by atoms with Gasteiger partial charge >= 0.3 is 0 Å². The first-order valence-electron chi connectivity index (χ1n) is 8.21. The van der Waals surface area contributed by atoms with Crippen LogP contribution in [0.1, 0.15) is 23.3 Å². The molecule has 0 spiro atoms. The van der Waals surface area contributed by atoms with Crippen LogP contribution in [0.2, 0.25) is 0 Å². The lowest BCUT2D eigenvalue weighted by Gasteiger charge is -2.21. The maximum absolute atomic E-state index is 12.6. The minimum absolute atomic E-state index is 0.0517. The van der Waals surface area contributed by atoms with Crippen molar-refractivity contribution in [3.63, 3.8) is 0 Å². The molecule has 8 nitrogen and oxygen atoms in total. The van der Waals surface area contributed by atoms with Crippen molar-refractivity contribution in [3.05, 3.63) is 59.7 Å². The van der Waals surface area contributed by atoms with E-state index in [0.29, 0.717) is 11.1 Å². The van der Waals surface area contributed by atoms with Gasteiger partial charge in [0.25, 0.3) is 0 Å². The summed E-state index contributed by atoms with van der Waals surface area (Å²) < 4.78 is 5.32. The number of rotatable bonds is 8. The molecule has 0 fully saturated rings. The second kappa shape index (κ2) is 9.56. The van der Waals surface area contributed by atoms with E-state index in [2.05, 4.69) is 10.6 Å². The molecule has 0 saturated carbocycles. The highest BCUT2D eigenvalue weighted by Gasteiger charge is 2.23. The van der Waals surface area contributed by atoms with Gasteiger partial charge in [0.2, 0.25) is 11.8 Å². The van der Waals surface area contributed by atoms with Crippen LogP contribution in [0, 0.1) is 0 Å². The zero-order chi connectivity index (χ0) is 19.8. The van der Waals surface area contributed by atoms with E-state index < -0.39 is 30.6 Å². The average molecular weight is 373 g/mol. The molecule has 0 aliphatic carbocycles. The van der Waals surface area contributed by atoms with Crippen molar-refractivity contribution in [3.8, 4) is 11.5 Å². The van der Waals surface area contributed by atoms with Gasteiger partial charge in [-0.1, -0.05) is 36.4 Å². The summed E-state index contributed by atoms with van der Waals surface area (Å²) in [7, 11) is 1.44. The number of hydrogen-bond acceptors (Lipinski definition) is 5. The average Bonchev–Trinajstić information content (AvgIpc) is 2.69. The first-order chi connectivity index (χ1) is 13.0. The normalized spacial score (nSPS) is 12.8. The molecule has 27 heavy (non-hydrogen) atoms. The quantitative estimate of drug-likeness (QED) is 0.517. The molecule has 2 aromatic carbocycles. The van der Waals surface area contributed by atoms with Crippen LogP contribution in [-0.4, -0.2) is 42.3 Å². The van der Waals surface area contributed by atoms with Crippen molar-refractivity contribution in [2.45, 2.75) is 12.1 Å². The number of ether oxygens (including phenoxy) is 1. The highest BCUT2D eigenvalue weighted by Crippen LogP contribution is 2.28. The summed E-state index contributed by atoms with van der Waals surface area (Å²) in [5, 5.41) is 34.9. The molecule has 2 amide bonds. The molecular formula is C19H21N2O6. The van der Waals surface area contributed by atoms with E-state index in [9.17, 15) is 24.9 Å². The molecule has 2 aromatic rings. The molecule has 1 unspecified atom stereocenters. The molecule has 0 bridgehead atoms. The third-order valence-electron chi connectivity index (χ3n) is 3.95.